The van der Waals surface area contributed by atoms with E-state index < -0.39 is 5.97 Å². The molecule has 0 atom stereocenters. The lowest BCUT2D eigenvalue weighted by Gasteiger charge is -2.11. The van der Waals surface area contributed by atoms with Crippen LogP contribution in [0, 0.1) is 0 Å². The molecule has 0 saturated carbocycles. The average Bonchev–Trinajstić information content (AvgIpc) is 2.98. The predicted molar refractivity (Wildman–Crippen MR) is 169 cm³/mol. The minimum atomic E-state index is -0.596. The first kappa shape index (κ1) is 28.5. The van der Waals surface area contributed by atoms with Crippen molar-refractivity contribution in [2.75, 3.05) is 7.11 Å². The van der Waals surface area contributed by atoms with Crippen LogP contribution < -0.4 is 15.0 Å². The number of carbonyl (C=O) groups is 1. The molecule has 0 spiro atoms. The smallest absolute Gasteiger partial charge is 0.336 e. The SMILES string of the molecule is COc1ccc(-c2nc3ccccc3c(=O)n2N=Cc2cc(Br)cc(Br)c2OC(=O)/C=C/c2ccc(Cl)cc2)cc1. The largest absolute Gasteiger partial charge is 0.497 e. The van der Waals surface area contributed by atoms with Gasteiger partial charge >= 0.3 is 5.97 Å². The molecule has 7 nitrogen and oxygen atoms in total. The Labute approximate surface area is 257 Å². The van der Waals surface area contributed by atoms with Crippen LogP contribution in [0.5, 0.6) is 11.5 Å². The molecule has 0 radical (unpaired) electrons. The first-order chi connectivity index (χ1) is 19.8. The Morgan fingerprint density at radius 3 is 2.46 bits per heavy atom. The normalized spacial score (nSPS) is 11.4. The summed E-state index contributed by atoms with van der Waals surface area (Å²) < 4.78 is 13.4. The number of ether oxygens (including phenoxy) is 2. The van der Waals surface area contributed by atoms with Gasteiger partial charge in [-0.2, -0.15) is 9.78 Å². The Balaban J connectivity index is 1.54. The number of hydrogen-bond donors (Lipinski definition) is 0. The zero-order valence-electron chi connectivity index (χ0n) is 21.4. The molecule has 10 heteroatoms. The highest BCUT2D eigenvalue weighted by Crippen LogP contribution is 2.32. The van der Waals surface area contributed by atoms with Gasteiger partial charge < -0.3 is 9.47 Å². The van der Waals surface area contributed by atoms with E-state index in [1.807, 2.05) is 6.07 Å². The number of carbonyl (C=O) groups excluding carboxylic acids is 1. The number of halogens is 3. The van der Waals surface area contributed by atoms with Gasteiger partial charge in [-0.3, -0.25) is 4.79 Å². The van der Waals surface area contributed by atoms with Crippen molar-refractivity contribution in [3.05, 3.63) is 126 Å². The molecule has 0 aliphatic heterocycles. The van der Waals surface area contributed by atoms with Gasteiger partial charge in [0.05, 0.1) is 28.7 Å². The van der Waals surface area contributed by atoms with E-state index in [0.29, 0.717) is 47.6 Å². The van der Waals surface area contributed by atoms with E-state index in [1.54, 1.807) is 92.0 Å². The first-order valence-corrected chi connectivity index (χ1v) is 14.1. The molecule has 0 amide bonds. The van der Waals surface area contributed by atoms with Crippen molar-refractivity contribution in [1.29, 1.82) is 0 Å². The zero-order chi connectivity index (χ0) is 28.9. The molecule has 0 unspecified atom stereocenters. The van der Waals surface area contributed by atoms with Crippen LogP contribution in [0.4, 0.5) is 0 Å². The summed E-state index contributed by atoms with van der Waals surface area (Å²) in [6.07, 6.45) is 4.39. The van der Waals surface area contributed by atoms with E-state index in [1.165, 1.54) is 17.0 Å². The van der Waals surface area contributed by atoms with E-state index in [2.05, 4.69) is 37.0 Å². The standard InChI is InChI=1S/C31H20Br2ClN3O4/c1-40-24-13-9-20(10-14-24)30-36-27-5-3-2-4-25(27)31(39)37(30)35-18-21-16-22(32)17-26(33)29(21)41-28(38)15-8-19-6-11-23(34)12-7-19/h2-18H,1H3/b15-8+,35-18?. The van der Waals surface area contributed by atoms with E-state index >= 15 is 0 Å². The summed E-state index contributed by atoms with van der Waals surface area (Å²) in [5, 5.41) is 5.53. The van der Waals surface area contributed by atoms with Crippen LogP contribution in [-0.4, -0.2) is 29.0 Å². The number of hydrogen-bond acceptors (Lipinski definition) is 6. The number of aromatic nitrogens is 2. The summed E-state index contributed by atoms with van der Waals surface area (Å²) in [6, 6.07) is 24.8. The Bertz CT molecular complexity index is 1870. The first-order valence-electron chi connectivity index (χ1n) is 12.2. The van der Waals surface area contributed by atoms with Gasteiger partial charge in [-0.05, 0) is 88.2 Å². The number of esters is 1. The monoisotopic (exact) mass is 691 g/mol. The van der Waals surface area contributed by atoms with Crippen molar-refractivity contribution >= 4 is 72.6 Å². The van der Waals surface area contributed by atoms with Gasteiger partial charge in [0, 0.05) is 26.7 Å². The minimum Gasteiger partial charge on any atom is -0.497 e. The van der Waals surface area contributed by atoms with Crippen LogP contribution in [0.2, 0.25) is 5.02 Å². The molecule has 0 aliphatic rings. The van der Waals surface area contributed by atoms with Crippen LogP contribution in [0.3, 0.4) is 0 Å². The Morgan fingerprint density at radius 2 is 1.73 bits per heavy atom. The van der Waals surface area contributed by atoms with Crippen molar-refractivity contribution in [3.8, 4) is 22.9 Å². The lowest BCUT2D eigenvalue weighted by Crippen LogP contribution is -2.20. The third kappa shape index (κ3) is 6.65. The topological polar surface area (TPSA) is 82.8 Å². The molecular weight excluding hydrogens is 674 g/mol. The third-order valence-corrected chi connectivity index (χ3v) is 7.23. The number of benzene rings is 4. The van der Waals surface area contributed by atoms with Gasteiger partial charge in [-0.15, -0.1) is 0 Å². The van der Waals surface area contributed by atoms with Crippen LogP contribution in [-0.2, 0) is 4.79 Å². The van der Waals surface area contributed by atoms with Crippen LogP contribution in [0.1, 0.15) is 11.1 Å². The maximum absolute atomic E-state index is 13.6. The van der Waals surface area contributed by atoms with E-state index in [9.17, 15) is 9.59 Å². The summed E-state index contributed by atoms with van der Waals surface area (Å²) in [4.78, 5) is 31.0. The molecule has 0 fully saturated rings. The highest BCUT2D eigenvalue weighted by atomic mass is 79.9. The molecule has 204 valence electrons. The second-order valence-electron chi connectivity index (χ2n) is 8.65. The quantitative estimate of drug-likeness (QED) is 0.0754. The highest BCUT2D eigenvalue weighted by molar-refractivity contribution is 9.11. The zero-order valence-corrected chi connectivity index (χ0v) is 25.4. The second-order valence-corrected chi connectivity index (χ2v) is 10.9. The fraction of sp³-hybridized carbons (Fsp3) is 0.0323. The number of rotatable bonds is 7. The molecule has 0 bridgehead atoms. The summed E-state index contributed by atoms with van der Waals surface area (Å²) in [5.74, 6) is 0.644. The van der Waals surface area contributed by atoms with Crippen molar-refractivity contribution in [1.82, 2.24) is 9.66 Å². The summed E-state index contributed by atoms with van der Waals surface area (Å²) in [7, 11) is 1.58. The molecule has 5 aromatic rings. The van der Waals surface area contributed by atoms with Crippen LogP contribution in [0.25, 0.3) is 28.4 Å². The Morgan fingerprint density at radius 1 is 1.00 bits per heavy atom. The molecular formula is C31H20Br2ClN3O4. The fourth-order valence-corrected chi connectivity index (χ4v) is 5.40. The lowest BCUT2D eigenvalue weighted by atomic mass is 10.2. The minimum absolute atomic E-state index is 0.232. The van der Waals surface area contributed by atoms with Crippen molar-refractivity contribution < 1.29 is 14.3 Å². The molecule has 0 aliphatic carbocycles. The van der Waals surface area contributed by atoms with E-state index in [-0.39, 0.29) is 11.3 Å². The van der Waals surface area contributed by atoms with E-state index in [0.717, 1.165) is 5.56 Å². The molecule has 1 aromatic heterocycles. The summed E-state index contributed by atoms with van der Waals surface area (Å²) >= 11 is 12.9. The maximum atomic E-state index is 13.6. The molecule has 4 aromatic carbocycles. The van der Waals surface area contributed by atoms with Gasteiger partial charge in [0.25, 0.3) is 5.56 Å². The fourth-order valence-electron chi connectivity index (χ4n) is 3.93. The van der Waals surface area contributed by atoms with Gasteiger partial charge in [0.15, 0.2) is 11.6 Å². The van der Waals surface area contributed by atoms with Crippen molar-refractivity contribution in [2.45, 2.75) is 0 Å². The van der Waals surface area contributed by atoms with Gasteiger partial charge in [0.1, 0.15) is 5.75 Å². The van der Waals surface area contributed by atoms with E-state index in [4.69, 9.17) is 26.1 Å². The van der Waals surface area contributed by atoms with Crippen LogP contribution in [0.15, 0.2) is 110 Å². The molecule has 41 heavy (non-hydrogen) atoms. The lowest BCUT2D eigenvalue weighted by molar-refractivity contribution is -0.128. The van der Waals surface area contributed by atoms with Crippen molar-refractivity contribution in [2.24, 2.45) is 5.10 Å². The Hall–Kier alpha value is -4.05. The molecule has 0 saturated heterocycles. The number of methoxy groups -OCH3 is 1. The van der Waals surface area contributed by atoms with Gasteiger partial charge in [-0.25, -0.2) is 9.78 Å². The number of fused-ring (bicyclic) bond motifs is 1. The summed E-state index contributed by atoms with van der Waals surface area (Å²) in [5.41, 5.74) is 2.09. The van der Waals surface area contributed by atoms with Gasteiger partial charge in [0.2, 0.25) is 0 Å². The Kier molecular flexibility index (Phi) is 8.78. The number of nitrogens with zero attached hydrogens (tertiary/aromatic N) is 3. The maximum Gasteiger partial charge on any atom is 0.336 e. The highest BCUT2D eigenvalue weighted by Gasteiger charge is 2.15. The number of para-hydroxylation sites is 1. The van der Waals surface area contributed by atoms with Gasteiger partial charge in [-0.1, -0.05) is 51.8 Å². The van der Waals surface area contributed by atoms with Crippen LogP contribution >= 0.6 is 43.5 Å². The molecule has 5 rings (SSSR count). The predicted octanol–water partition coefficient (Wildman–Crippen LogP) is 7.75. The molecule has 1 heterocycles. The third-order valence-electron chi connectivity index (χ3n) is 5.94. The average molecular weight is 694 g/mol. The summed E-state index contributed by atoms with van der Waals surface area (Å²) in [6.45, 7) is 0. The van der Waals surface area contributed by atoms with Crippen molar-refractivity contribution in [3.63, 3.8) is 0 Å². The molecule has 0 N–H and O–H groups in total. The second kappa shape index (κ2) is 12.6.